The van der Waals surface area contributed by atoms with Crippen molar-refractivity contribution in [2.24, 2.45) is 5.73 Å². The predicted octanol–water partition coefficient (Wildman–Crippen LogP) is 1.80. The summed E-state index contributed by atoms with van der Waals surface area (Å²) in [5.41, 5.74) is 8.40. The van der Waals surface area contributed by atoms with Crippen molar-refractivity contribution in [3.63, 3.8) is 0 Å². The molecular weight excluding hydrogens is 446 g/mol. The number of aliphatic carboxylic acids is 1. The Hall–Kier alpha value is -4.17. The Morgan fingerprint density at radius 1 is 0.657 bits per heavy atom. The number of phenolic OH excluding ortho intramolecular Hbond substituents is 1. The van der Waals surface area contributed by atoms with Crippen LogP contribution >= 0.6 is 0 Å². The molecule has 3 aromatic rings. The summed E-state index contributed by atoms with van der Waals surface area (Å²) in [7, 11) is 0. The summed E-state index contributed by atoms with van der Waals surface area (Å²) in [6, 6.07) is 21.3. The molecule has 8 nitrogen and oxygen atoms in total. The number of rotatable bonds is 11. The van der Waals surface area contributed by atoms with E-state index < -0.39 is 35.9 Å². The smallest absolute Gasteiger partial charge is 0.326 e. The second kappa shape index (κ2) is 12.3. The fourth-order valence-corrected chi connectivity index (χ4v) is 3.64. The van der Waals surface area contributed by atoms with Crippen molar-refractivity contribution in [2.75, 3.05) is 0 Å². The van der Waals surface area contributed by atoms with E-state index in [2.05, 4.69) is 10.6 Å². The van der Waals surface area contributed by atoms with Gasteiger partial charge in [0, 0.05) is 12.8 Å². The molecule has 0 unspecified atom stereocenters. The Balaban J connectivity index is 1.74. The fourth-order valence-electron chi connectivity index (χ4n) is 3.64. The molecule has 2 amide bonds. The largest absolute Gasteiger partial charge is 0.508 e. The number of carbonyl (C=O) groups is 3. The Morgan fingerprint density at radius 3 is 1.66 bits per heavy atom. The van der Waals surface area contributed by atoms with Crippen LogP contribution in [0.2, 0.25) is 0 Å². The van der Waals surface area contributed by atoms with Gasteiger partial charge in [0.1, 0.15) is 17.8 Å². The number of hydrogen-bond donors (Lipinski definition) is 5. The molecule has 35 heavy (non-hydrogen) atoms. The van der Waals surface area contributed by atoms with Crippen molar-refractivity contribution >= 4 is 17.8 Å². The number of phenols is 1. The third kappa shape index (κ3) is 7.97. The maximum atomic E-state index is 13.2. The van der Waals surface area contributed by atoms with Crippen LogP contribution in [0.15, 0.2) is 84.9 Å². The van der Waals surface area contributed by atoms with Crippen LogP contribution in [0.3, 0.4) is 0 Å². The minimum atomic E-state index is -1.18. The first-order chi connectivity index (χ1) is 16.8. The third-order valence-corrected chi connectivity index (χ3v) is 5.54. The summed E-state index contributed by atoms with van der Waals surface area (Å²) in [5.74, 6) is -2.28. The molecule has 0 heterocycles. The van der Waals surface area contributed by atoms with Crippen LogP contribution in [0.25, 0.3) is 0 Å². The highest BCUT2D eigenvalue weighted by Gasteiger charge is 2.28. The number of amides is 2. The molecule has 0 saturated carbocycles. The zero-order valence-corrected chi connectivity index (χ0v) is 19.1. The van der Waals surface area contributed by atoms with Crippen LogP contribution in [-0.4, -0.2) is 46.1 Å². The highest BCUT2D eigenvalue weighted by molar-refractivity contribution is 5.92. The maximum Gasteiger partial charge on any atom is 0.326 e. The molecule has 3 aromatic carbocycles. The zero-order chi connectivity index (χ0) is 25.2. The molecule has 0 aliphatic rings. The van der Waals surface area contributed by atoms with Gasteiger partial charge in [-0.3, -0.25) is 9.59 Å². The Bertz CT molecular complexity index is 1120. The molecule has 182 valence electrons. The lowest BCUT2D eigenvalue weighted by atomic mass is 10.0. The van der Waals surface area contributed by atoms with Gasteiger partial charge in [-0.1, -0.05) is 72.8 Å². The van der Waals surface area contributed by atoms with Crippen molar-refractivity contribution in [3.8, 4) is 5.75 Å². The van der Waals surface area contributed by atoms with Crippen molar-refractivity contribution in [2.45, 2.75) is 37.4 Å². The number of aromatic hydroxyl groups is 1. The molecule has 0 aromatic heterocycles. The number of carboxylic acid groups (broad SMARTS) is 1. The molecule has 0 fully saturated rings. The van der Waals surface area contributed by atoms with Gasteiger partial charge < -0.3 is 26.6 Å². The Morgan fingerprint density at radius 2 is 1.11 bits per heavy atom. The van der Waals surface area contributed by atoms with Crippen molar-refractivity contribution in [1.29, 1.82) is 0 Å². The van der Waals surface area contributed by atoms with Gasteiger partial charge >= 0.3 is 5.97 Å². The van der Waals surface area contributed by atoms with Crippen LogP contribution in [0.4, 0.5) is 0 Å². The average Bonchev–Trinajstić information content (AvgIpc) is 2.85. The number of carboxylic acids is 1. The first-order valence-corrected chi connectivity index (χ1v) is 11.3. The number of carbonyl (C=O) groups excluding carboxylic acids is 2. The summed E-state index contributed by atoms with van der Waals surface area (Å²) >= 11 is 0. The SMILES string of the molecule is N[C@@H](Cc1ccccc1)C(=O)N[C@@H](Cc1ccc(O)cc1)C(=O)N[C@@H](Cc1ccccc1)C(=O)O. The number of nitrogens with two attached hydrogens (primary N) is 1. The Kier molecular flexibility index (Phi) is 8.97. The van der Waals surface area contributed by atoms with E-state index >= 15 is 0 Å². The van der Waals surface area contributed by atoms with Gasteiger partial charge in [0.05, 0.1) is 6.04 Å². The molecule has 6 N–H and O–H groups in total. The summed E-state index contributed by atoms with van der Waals surface area (Å²) < 4.78 is 0. The summed E-state index contributed by atoms with van der Waals surface area (Å²) in [6.07, 6.45) is 0.467. The lowest BCUT2D eigenvalue weighted by Crippen LogP contribution is -2.55. The second-order valence-electron chi connectivity index (χ2n) is 8.32. The lowest BCUT2D eigenvalue weighted by Gasteiger charge is -2.23. The quantitative estimate of drug-likeness (QED) is 0.286. The second-order valence-corrected chi connectivity index (χ2v) is 8.32. The van der Waals surface area contributed by atoms with Gasteiger partial charge in [0.25, 0.3) is 0 Å². The molecule has 3 rings (SSSR count). The maximum absolute atomic E-state index is 13.2. The summed E-state index contributed by atoms with van der Waals surface area (Å²) in [6.45, 7) is 0. The topological polar surface area (TPSA) is 142 Å². The lowest BCUT2D eigenvalue weighted by molar-refractivity contribution is -0.142. The van der Waals surface area contributed by atoms with Crippen molar-refractivity contribution in [1.82, 2.24) is 10.6 Å². The van der Waals surface area contributed by atoms with E-state index in [1.807, 2.05) is 36.4 Å². The predicted molar refractivity (Wildman–Crippen MR) is 132 cm³/mol. The van der Waals surface area contributed by atoms with E-state index in [-0.39, 0.29) is 25.0 Å². The molecule has 0 aliphatic carbocycles. The molecular formula is C27H29N3O5. The molecule has 0 aliphatic heterocycles. The van der Waals surface area contributed by atoms with E-state index in [1.54, 1.807) is 36.4 Å². The monoisotopic (exact) mass is 475 g/mol. The van der Waals surface area contributed by atoms with E-state index in [4.69, 9.17) is 5.73 Å². The van der Waals surface area contributed by atoms with E-state index in [0.29, 0.717) is 5.56 Å². The molecule has 8 heteroatoms. The zero-order valence-electron chi connectivity index (χ0n) is 19.1. The van der Waals surface area contributed by atoms with Crippen LogP contribution in [0, 0.1) is 0 Å². The minimum absolute atomic E-state index is 0.0671. The van der Waals surface area contributed by atoms with Gasteiger partial charge in [-0.05, 0) is 35.2 Å². The van der Waals surface area contributed by atoms with Gasteiger partial charge in [-0.15, -0.1) is 0 Å². The fraction of sp³-hybridized carbons (Fsp3) is 0.222. The van der Waals surface area contributed by atoms with E-state index in [1.165, 1.54) is 12.1 Å². The summed E-state index contributed by atoms with van der Waals surface area (Å²) in [5, 5.41) is 24.4. The highest BCUT2D eigenvalue weighted by atomic mass is 16.4. The van der Waals surface area contributed by atoms with Crippen LogP contribution in [-0.2, 0) is 33.6 Å². The van der Waals surface area contributed by atoms with Crippen molar-refractivity contribution < 1.29 is 24.6 Å². The molecule has 3 atom stereocenters. The van der Waals surface area contributed by atoms with Gasteiger partial charge in [-0.2, -0.15) is 0 Å². The molecule has 0 bridgehead atoms. The average molecular weight is 476 g/mol. The van der Waals surface area contributed by atoms with Gasteiger partial charge in [0.15, 0.2) is 0 Å². The van der Waals surface area contributed by atoms with Crippen LogP contribution in [0.5, 0.6) is 5.75 Å². The molecule has 0 radical (unpaired) electrons. The first kappa shape index (κ1) is 25.5. The number of benzene rings is 3. The number of hydrogen-bond acceptors (Lipinski definition) is 5. The standard InChI is InChI=1S/C27H29N3O5/c28-22(15-18-7-3-1-4-8-18)25(32)29-23(16-20-11-13-21(31)14-12-20)26(33)30-24(27(34)35)17-19-9-5-2-6-10-19/h1-14,22-24,31H,15-17,28H2,(H,29,32)(H,30,33)(H,34,35)/t22-,23-,24-/m0/s1. The molecule has 0 saturated heterocycles. The first-order valence-electron chi connectivity index (χ1n) is 11.3. The Labute approximate surface area is 203 Å². The highest BCUT2D eigenvalue weighted by Crippen LogP contribution is 2.12. The normalized spacial score (nSPS) is 13.3. The summed E-state index contributed by atoms with van der Waals surface area (Å²) in [4.78, 5) is 37.8. The van der Waals surface area contributed by atoms with Crippen molar-refractivity contribution in [3.05, 3.63) is 102 Å². The van der Waals surface area contributed by atoms with Gasteiger partial charge in [0.2, 0.25) is 11.8 Å². The van der Waals surface area contributed by atoms with E-state index in [9.17, 15) is 24.6 Å². The molecule has 0 spiro atoms. The van der Waals surface area contributed by atoms with Gasteiger partial charge in [-0.25, -0.2) is 4.79 Å². The minimum Gasteiger partial charge on any atom is -0.508 e. The third-order valence-electron chi connectivity index (χ3n) is 5.54. The number of nitrogens with one attached hydrogen (secondary N) is 2. The van der Waals surface area contributed by atoms with Crippen LogP contribution in [0.1, 0.15) is 16.7 Å². The van der Waals surface area contributed by atoms with Crippen LogP contribution < -0.4 is 16.4 Å². The van der Waals surface area contributed by atoms with E-state index in [0.717, 1.165) is 11.1 Å².